The van der Waals surface area contributed by atoms with Crippen LogP contribution in [0.25, 0.3) is 0 Å². The molecule has 25 heavy (non-hydrogen) atoms. The van der Waals surface area contributed by atoms with Crippen molar-refractivity contribution in [3.63, 3.8) is 0 Å². The zero-order valence-electron chi connectivity index (χ0n) is 14.7. The van der Waals surface area contributed by atoms with E-state index < -0.39 is 0 Å². The van der Waals surface area contributed by atoms with Crippen molar-refractivity contribution in [2.24, 2.45) is 0 Å². The lowest BCUT2D eigenvalue weighted by molar-refractivity contribution is 0.0943. The molecule has 0 aliphatic carbocycles. The second kappa shape index (κ2) is 6.96. The first-order valence-corrected chi connectivity index (χ1v) is 9.73. The van der Waals surface area contributed by atoms with Gasteiger partial charge in [0.2, 0.25) is 0 Å². The van der Waals surface area contributed by atoms with E-state index in [0.29, 0.717) is 23.8 Å². The monoisotopic (exact) mass is 424 g/mol. The minimum Gasteiger partial charge on any atom is -0.486 e. The average Bonchev–Trinajstić information content (AvgIpc) is 3.04. The number of ether oxygens (including phenoxy) is 2. The molecule has 2 aromatic rings. The first kappa shape index (κ1) is 18.2. The van der Waals surface area contributed by atoms with Gasteiger partial charge in [0.1, 0.15) is 18.1 Å². The second-order valence-electron chi connectivity index (χ2n) is 6.99. The maximum absolute atomic E-state index is 12.6. The zero-order chi connectivity index (χ0) is 18.2. The standard InChI is InChI=1S/C18H21BrN2O3S/c1-10(11-7-13-14(8-12(11)19)24-6-5-23-13)21-16(22)15-9-20-17(25-15)18(2,3)4/h7-10H,5-6H2,1-4H3,(H,21,22). The van der Waals surface area contributed by atoms with E-state index in [4.69, 9.17) is 9.47 Å². The number of rotatable bonds is 3. The van der Waals surface area contributed by atoms with E-state index in [-0.39, 0.29) is 17.4 Å². The smallest absolute Gasteiger partial charge is 0.263 e. The zero-order valence-corrected chi connectivity index (χ0v) is 17.1. The summed E-state index contributed by atoms with van der Waals surface area (Å²) >= 11 is 4.99. The van der Waals surface area contributed by atoms with Crippen LogP contribution in [0, 0.1) is 0 Å². The molecule has 1 aromatic heterocycles. The van der Waals surface area contributed by atoms with Crippen molar-refractivity contribution in [3.05, 3.63) is 38.3 Å². The summed E-state index contributed by atoms with van der Waals surface area (Å²) < 4.78 is 12.1. The lowest BCUT2D eigenvalue weighted by Crippen LogP contribution is -2.26. The molecule has 0 saturated carbocycles. The van der Waals surface area contributed by atoms with Crippen molar-refractivity contribution in [1.29, 1.82) is 0 Å². The fourth-order valence-corrected chi connectivity index (χ4v) is 4.03. The lowest BCUT2D eigenvalue weighted by Gasteiger charge is -2.22. The molecule has 1 unspecified atom stereocenters. The molecule has 5 nitrogen and oxygen atoms in total. The van der Waals surface area contributed by atoms with Crippen LogP contribution >= 0.6 is 27.3 Å². The number of hydrogen-bond donors (Lipinski definition) is 1. The van der Waals surface area contributed by atoms with Crippen LogP contribution in [0.2, 0.25) is 0 Å². The van der Waals surface area contributed by atoms with E-state index >= 15 is 0 Å². The molecule has 1 amide bonds. The van der Waals surface area contributed by atoms with Crippen molar-refractivity contribution in [1.82, 2.24) is 10.3 Å². The maximum atomic E-state index is 12.6. The molecule has 7 heteroatoms. The number of nitrogens with one attached hydrogen (secondary N) is 1. The third kappa shape index (κ3) is 3.98. The number of thiazole rings is 1. The molecule has 0 bridgehead atoms. The van der Waals surface area contributed by atoms with E-state index in [1.165, 1.54) is 11.3 Å². The third-order valence-corrected chi connectivity index (χ3v) is 5.96. The van der Waals surface area contributed by atoms with Gasteiger partial charge in [0.15, 0.2) is 11.5 Å². The Kier molecular flexibility index (Phi) is 5.06. The Morgan fingerprint density at radius 1 is 1.28 bits per heavy atom. The van der Waals surface area contributed by atoms with Crippen molar-refractivity contribution in [2.45, 2.75) is 39.2 Å². The van der Waals surface area contributed by atoms with E-state index in [1.807, 2.05) is 19.1 Å². The Morgan fingerprint density at radius 3 is 2.52 bits per heavy atom. The van der Waals surface area contributed by atoms with Crippen LogP contribution in [0.1, 0.15) is 54.0 Å². The molecule has 2 heterocycles. The minimum atomic E-state index is -0.183. The molecular formula is C18H21BrN2O3S. The maximum Gasteiger partial charge on any atom is 0.263 e. The Labute approximate surface area is 159 Å². The molecule has 0 spiro atoms. The van der Waals surface area contributed by atoms with Crippen molar-refractivity contribution in [3.8, 4) is 11.5 Å². The summed E-state index contributed by atoms with van der Waals surface area (Å²) in [7, 11) is 0. The molecule has 1 aliphatic heterocycles. The molecule has 0 radical (unpaired) electrons. The van der Waals surface area contributed by atoms with Gasteiger partial charge in [-0.1, -0.05) is 36.7 Å². The Morgan fingerprint density at radius 2 is 1.92 bits per heavy atom. The topological polar surface area (TPSA) is 60.5 Å². The van der Waals surface area contributed by atoms with Gasteiger partial charge in [0, 0.05) is 9.89 Å². The summed E-state index contributed by atoms with van der Waals surface area (Å²) in [6, 6.07) is 3.62. The molecule has 1 aromatic carbocycles. The Bertz CT molecular complexity index is 798. The fraction of sp³-hybridized carbons (Fsp3) is 0.444. The number of halogens is 1. The van der Waals surface area contributed by atoms with Crippen molar-refractivity contribution in [2.75, 3.05) is 13.2 Å². The number of carbonyl (C=O) groups excluding carboxylic acids is 1. The van der Waals surface area contributed by atoms with Crippen molar-refractivity contribution >= 4 is 33.2 Å². The summed E-state index contributed by atoms with van der Waals surface area (Å²) in [5.74, 6) is 1.30. The predicted octanol–water partition coefficient (Wildman–Crippen LogP) is 4.47. The summed E-state index contributed by atoms with van der Waals surface area (Å²) in [5, 5.41) is 3.98. The Hall–Kier alpha value is -1.60. The summed E-state index contributed by atoms with van der Waals surface area (Å²) in [6.45, 7) is 9.28. The minimum absolute atomic E-state index is 0.0618. The van der Waals surface area contributed by atoms with Crippen LogP contribution in [-0.4, -0.2) is 24.1 Å². The summed E-state index contributed by atoms with van der Waals surface area (Å²) in [5.41, 5.74) is 0.881. The van der Waals surface area contributed by atoms with Crippen LogP contribution in [0.3, 0.4) is 0 Å². The van der Waals surface area contributed by atoms with Crippen LogP contribution < -0.4 is 14.8 Å². The highest BCUT2D eigenvalue weighted by atomic mass is 79.9. The van der Waals surface area contributed by atoms with Crippen LogP contribution in [0.5, 0.6) is 11.5 Å². The SMILES string of the molecule is CC(NC(=O)c1cnc(C(C)(C)C)s1)c1cc2c(cc1Br)OCCO2. The number of carbonyl (C=O) groups is 1. The van der Waals surface area contributed by atoms with Gasteiger partial charge in [0.25, 0.3) is 5.91 Å². The molecule has 1 N–H and O–H groups in total. The number of hydrogen-bond acceptors (Lipinski definition) is 5. The number of amides is 1. The van der Waals surface area contributed by atoms with Crippen LogP contribution in [0.4, 0.5) is 0 Å². The van der Waals surface area contributed by atoms with E-state index in [2.05, 4.69) is 47.0 Å². The van der Waals surface area contributed by atoms with Gasteiger partial charge in [0.05, 0.1) is 17.2 Å². The first-order chi connectivity index (χ1) is 11.8. The van der Waals surface area contributed by atoms with Gasteiger partial charge in [-0.2, -0.15) is 0 Å². The van der Waals surface area contributed by atoms with E-state index in [1.54, 1.807) is 6.20 Å². The Balaban J connectivity index is 1.77. The molecule has 1 atom stereocenters. The quantitative estimate of drug-likeness (QED) is 0.789. The molecular weight excluding hydrogens is 404 g/mol. The highest BCUT2D eigenvalue weighted by Crippen LogP contribution is 2.38. The van der Waals surface area contributed by atoms with E-state index in [9.17, 15) is 4.79 Å². The number of fused-ring (bicyclic) bond motifs is 1. The predicted molar refractivity (Wildman–Crippen MR) is 102 cm³/mol. The van der Waals surface area contributed by atoms with Gasteiger partial charge < -0.3 is 14.8 Å². The van der Waals surface area contributed by atoms with Gasteiger partial charge in [-0.05, 0) is 24.6 Å². The van der Waals surface area contributed by atoms with Gasteiger partial charge >= 0.3 is 0 Å². The number of benzene rings is 1. The first-order valence-electron chi connectivity index (χ1n) is 8.12. The molecule has 3 rings (SSSR count). The normalized spacial score (nSPS) is 14.9. The highest BCUT2D eigenvalue weighted by Gasteiger charge is 2.23. The number of nitrogens with zero attached hydrogens (tertiary/aromatic N) is 1. The van der Waals surface area contributed by atoms with E-state index in [0.717, 1.165) is 20.8 Å². The average molecular weight is 425 g/mol. The highest BCUT2D eigenvalue weighted by molar-refractivity contribution is 9.10. The van der Waals surface area contributed by atoms with Crippen LogP contribution in [-0.2, 0) is 5.41 Å². The largest absolute Gasteiger partial charge is 0.486 e. The summed E-state index contributed by atoms with van der Waals surface area (Å²) in [6.07, 6.45) is 1.64. The lowest BCUT2D eigenvalue weighted by atomic mass is 9.98. The number of aromatic nitrogens is 1. The second-order valence-corrected chi connectivity index (χ2v) is 8.88. The third-order valence-electron chi connectivity index (χ3n) is 3.85. The van der Waals surface area contributed by atoms with Gasteiger partial charge in [-0.25, -0.2) is 4.98 Å². The fourth-order valence-electron chi connectivity index (χ4n) is 2.48. The summed E-state index contributed by atoms with van der Waals surface area (Å²) in [4.78, 5) is 17.5. The van der Waals surface area contributed by atoms with Crippen molar-refractivity contribution < 1.29 is 14.3 Å². The van der Waals surface area contributed by atoms with Gasteiger partial charge in [-0.15, -0.1) is 11.3 Å². The van der Waals surface area contributed by atoms with Gasteiger partial charge in [-0.3, -0.25) is 4.79 Å². The molecule has 0 saturated heterocycles. The molecule has 134 valence electrons. The molecule has 0 fully saturated rings. The molecule has 1 aliphatic rings. The van der Waals surface area contributed by atoms with Crippen LogP contribution in [0.15, 0.2) is 22.8 Å².